The summed E-state index contributed by atoms with van der Waals surface area (Å²) in [6.45, 7) is 3.39. The molecule has 0 aliphatic carbocycles. The molecule has 134 valence electrons. The minimum absolute atomic E-state index is 0.290. The van der Waals surface area contributed by atoms with Crippen LogP contribution in [-0.4, -0.2) is 36.4 Å². The Morgan fingerprint density at radius 1 is 1.21 bits per heavy atom. The number of piperidine rings is 1. The molecule has 0 saturated carbocycles. The number of hydrogen-bond acceptors (Lipinski definition) is 4. The first kappa shape index (κ1) is 19.5. The SMILES string of the molecule is Nc1c(Br)cc(C(=O)OCCCCCCl)cc1CN1CCCCC1. The van der Waals surface area contributed by atoms with Gasteiger partial charge in [-0.05, 0) is 78.8 Å². The molecule has 0 unspecified atom stereocenters. The fraction of sp³-hybridized carbons (Fsp3) is 0.611. The number of nitrogens with two attached hydrogens (primary N) is 1. The molecule has 1 aromatic carbocycles. The molecule has 24 heavy (non-hydrogen) atoms. The largest absolute Gasteiger partial charge is 0.462 e. The maximum absolute atomic E-state index is 12.3. The number of benzene rings is 1. The molecular formula is C18H26BrClN2O2. The van der Waals surface area contributed by atoms with E-state index in [1.54, 1.807) is 6.07 Å². The van der Waals surface area contributed by atoms with E-state index in [0.29, 0.717) is 23.7 Å². The number of anilines is 1. The van der Waals surface area contributed by atoms with Crippen molar-refractivity contribution in [1.82, 2.24) is 4.90 Å². The predicted molar refractivity (Wildman–Crippen MR) is 103 cm³/mol. The normalized spacial score (nSPS) is 15.4. The first-order valence-electron chi connectivity index (χ1n) is 8.65. The monoisotopic (exact) mass is 416 g/mol. The summed E-state index contributed by atoms with van der Waals surface area (Å²) < 4.78 is 6.11. The Balaban J connectivity index is 1.98. The number of rotatable bonds is 8. The van der Waals surface area contributed by atoms with Crippen LogP contribution in [0.5, 0.6) is 0 Å². The molecule has 1 aliphatic heterocycles. The molecule has 1 aromatic rings. The quantitative estimate of drug-likeness (QED) is 0.291. The van der Waals surface area contributed by atoms with Crippen molar-refractivity contribution < 1.29 is 9.53 Å². The molecule has 2 rings (SSSR count). The van der Waals surface area contributed by atoms with E-state index in [0.717, 1.165) is 48.9 Å². The summed E-state index contributed by atoms with van der Waals surface area (Å²) in [5, 5.41) is 0. The number of carbonyl (C=O) groups is 1. The van der Waals surface area contributed by atoms with Crippen LogP contribution in [-0.2, 0) is 11.3 Å². The summed E-state index contributed by atoms with van der Waals surface area (Å²) in [6.07, 6.45) is 6.52. The fourth-order valence-corrected chi connectivity index (χ4v) is 3.59. The number of alkyl halides is 1. The third-order valence-electron chi connectivity index (χ3n) is 4.30. The predicted octanol–water partition coefficient (Wildman–Crippen LogP) is 4.58. The van der Waals surface area contributed by atoms with Gasteiger partial charge >= 0.3 is 5.97 Å². The molecule has 0 atom stereocenters. The Hall–Kier alpha value is -0.780. The lowest BCUT2D eigenvalue weighted by Crippen LogP contribution is -2.29. The van der Waals surface area contributed by atoms with Gasteiger partial charge in [0.05, 0.1) is 17.9 Å². The Bertz CT molecular complexity index is 548. The average molecular weight is 418 g/mol. The molecule has 0 radical (unpaired) electrons. The third-order valence-corrected chi connectivity index (χ3v) is 5.23. The van der Waals surface area contributed by atoms with Gasteiger partial charge in [-0.15, -0.1) is 11.6 Å². The highest BCUT2D eigenvalue weighted by molar-refractivity contribution is 9.10. The van der Waals surface area contributed by atoms with E-state index in [-0.39, 0.29) is 5.97 Å². The molecule has 1 fully saturated rings. The van der Waals surface area contributed by atoms with Gasteiger partial charge in [0.2, 0.25) is 0 Å². The molecule has 0 aromatic heterocycles. The van der Waals surface area contributed by atoms with Gasteiger partial charge in [-0.3, -0.25) is 4.90 Å². The molecule has 0 amide bonds. The van der Waals surface area contributed by atoms with Gasteiger partial charge in [-0.25, -0.2) is 4.79 Å². The van der Waals surface area contributed by atoms with Crippen molar-refractivity contribution in [2.75, 3.05) is 31.3 Å². The second-order valence-corrected chi connectivity index (χ2v) is 7.49. The molecule has 2 N–H and O–H groups in total. The second-order valence-electron chi connectivity index (χ2n) is 6.25. The van der Waals surface area contributed by atoms with Crippen LogP contribution in [0.4, 0.5) is 5.69 Å². The van der Waals surface area contributed by atoms with Crippen LogP contribution < -0.4 is 5.73 Å². The number of halogens is 2. The van der Waals surface area contributed by atoms with Gasteiger partial charge < -0.3 is 10.5 Å². The third kappa shape index (κ3) is 5.94. The highest BCUT2D eigenvalue weighted by Gasteiger charge is 2.16. The average Bonchev–Trinajstić information content (AvgIpc) is 2.59. The number of esters is 1. The fourth-order valence-electron chi connectivity index (χ4n) is 2.90. The molecule has 1 saturated heterocycles. The van der Waals surface area contributed by atoms with Crippen molar-refractivity contribution in [1.29, 1.82) is 0 Å². The Morgan fingerprint density at radius 3 is 2.67 bits per heavy atom. The van der Waals surface area contributed by atoms with E-state index in [9.17, 15) is 4.79 Å². The van der Waals surface area contributed by atoms with Crippen molar-refractivity contribution in [2.45, 2.75) is 45.1 Å². The van der Waals surface area contributed by atoms with Gasteiger partial charge in [0.15, 0.2) is 0 Å². The number of ether oxygens (including phenoxy) is 1. The molecule has 1 heterocycles. The van der Waals surface area contributed by atoms with Crippen molar-refractivity contribution in [3.63, 3.8) is 0 Å². The van der Waals surface area contributed by atoms with Gasteiger partial charge in [0.25, 0.3) is 0 Å². The minimum atomic E-state index is -0.290. The molecular weight excluding hydrogens is 392 g/mol. The van der Waals surface area contributed by atoms with Crippen LogP contribution in [0.15, 0.2) is 16.6 Å². The molecule has 1 aliphatic rings. The van der Waals surface area contributed by atoms with Crippen LogP contribution in [0.3, 0.4) is 0 Å². The van der Waals surface area contributed by atoms with Crippen molar-refractivity contribution in [2.24, 2.45) is 0 Å². The van der Waals surface area contributed by atoms with Crippen molar-refractivity contribution in [3.8, 4) is 0 Å². The highest BCUT2D eigenvalue weighted by atomic mass is 79.9. The number of nitrogen functional groups attached to an aromatic ring is 1. The van der Waals surface area contributed by atoms with Crippen LogP contribution in [0.25, 0.3) is 0 Å². The summed E-state index contributed by atoms with van der Waals surface area (Å²) in [7, 11) is 0. The summed E-state index contributed by atoms with van der Waals surface area (Å²) in [5.41, 5.74) is 8.44. The highest BCUT2D eigenvalue weighted by Crippen LogP contribution is 2.28. The van der Waals surface area contributed by atoms with E-state index in [1.165, 1.54) is 19.3 Å². The Kier molecular flexibility index (Phi) is 8.36. The zero-order valence-electron chi connectivity index (χ0n) is 14.0. The number of likely N-dealkylation sites (tertiary alicyclic amines) is 1. The van der Waals surface area contributed by atoms with E-state index in [2.05, 4.69) is 20.8 Å². The molecule has 4 nitrogen and oxygen atoms in total. The van der Waals surface area contributed by atoms with E-state index in [4.69, 9.17) is 22.1 Å². The standard InChI is InChI=1S/C18H26BrClN2O2/c19-16-12-14(18(23)24-10-6-1-3-7-20)11-15(17(16)21)13-22-8-4-2-5-9-22/h11-12H,1-10,13,21H2. The first-order valence-corrected chi connectivity index (χ1v) is 9.98. The van der Waals surface area contributed by atoms with Crippen LogP contribution in [0.2, 0.25) is 0 Å². The second kappa shape index (κ2) is 10.3. The topological polar surface area (TPSA) is 55.6 Å². The molecule has 0 spiro atoms. The lowest BCUT2D eigenvalue weighted by molar-refractivity contribution is 0.0498. The summed E-state index contributed by atoms with van der Waals surface area (Å²) in [6, 6.07) is 3.62. The number of hydrogen-bond donors (Lipinski definition) is 1. The van der Waals surface area contributed by atoms with Crippen LogP contribution >= 0.6 is 27.5 Å². The van der Waals surface area contributed by atoms with E-state index >= 15 is 0 Å². The zero-order valence-corrected chi connectivity index (χ0v) is 16.4. The van der Waals surface area contributed by atoms with Gasteiger partial charge in [-0.2, -0.15) is 0 Å². The summed E-state index contributed by atoms with van der Waals surface area (Å²) >= 11 is 9.11. The van der Waals surface area contributed by atoms with E-state index in [1.807, 2.05) is 6.07 Å². The maximum atomic E-state index is 12.3. The van der Waals surface area contributed by atoms with Crippen molar-refractivity contribution in [3.05, 3.63) is 27.7 Å². The van der Waals surface area contributed by atoms with Gasteiger partial charge in [0, 0.05) is 16.9 Å². The number of unbranched alkanes of at least 4 members (excludes halogenated alkanes) is 2. The first-order chi connectivity index (χ1) is 11.6. The van der Waals surface area contributed by atoms with Gasteiger partial charge in [-0.1, -0.05) is 6.42 Å². The van der Waals surface area contributed by atoms with Crippen LogP contribution in [0.1, 0.15) is 54.4 Å². The zero-order chi connectivity index (χ0) is 17.4. The molecule has 0 bridgehead atoms. The Labute approximate surface area is 157 Å². The van der Waals surface area contributed by atoms with Crippen molar-refractivity contribution >= 4 is 39.2 Å². The summed E-state index contributed by atoms with van der Waals surface area (Å²) in [4.78, 5) is 14.7. The molecule has 6 heteroatoms. The maximum Gasteiger partial charge on any atom is 0.338 e. The number of nitrogens with zero attached hydrogens (tertiary/aromatic N) is 1. The minimum Gasteiger partial charge on any atom is -0.462 e. The summed E-state index contributed by atoms with van der Waals surface area (Å²) in [5.74, 6) is 0.361. The Morgan fingerprint density at radius 2 is 1.96 bits per heavy atom. The van der Waals surface area contributed by atoms with E-state index < -0.39 is 0 Å². The van der Waals surface area contributed by atoms with Gasteiger partial charge in [0.1, 0.15) is 0 Å². The smallest absolute Gasteiger partial charge is 0.338 e. The lowest BCUT2D eigenvalue weighted by atomic mass is 10.1. The number of carbonyl (C=O) groups excluding carboxylic acids is 1. The lowest BCUT2D eigenvalue weighted by Gasteiger charge is -2.27. The van der Waals surface area contributed by atoms with Crippen LogP contribution in [0, 0.1) is 0 Å².